The Morgan fingerprint density at radius 1 is 1.03 bits per heavy atom. The third kappa shape index (κ3) is 5.67. The highest BCUT2D eigenvalue weighted by Gasteiger charge is 2.17. The molecule has 0 spiro atoms. The van der Waals surface area contributed by atoms with Crippen LogP contribution in [0.4, 0.5) is 11.4 Å². The first-order valence-corrected chi connectivity index (χ1v) is 12.2. The van der Waals surface area contributed by atoms with Crippen molar-refractivity contribution in [1.82, 2.24) is 4.98 Å². The first-order chi connectivity index (χ1) is 15.9. The number of fused-ring (bicyclic) bond motifs is 1. The van der Waals surface area contributed by atoms with Crippen molar-refractivity contribution in [3.05, 3.63) is 77.8 Å². The summed E-state index contributed by atoms with van der Waals surface area (Å²) >= 11 is 1.51. The van der Waals surface area contributed by atoms with Crippen molar-refractivity contribution in [3.63, 3.8) is 0 Å². The molecule has 3 aromatic carbocycles. The molecule has 33 heavy (non-hydrogen) atoms. The van der Waals surface area contributed by atoms with Crippen molar-refractivity contribution in [1.29, 1.82) is 0 Å². The lowest BCUT2D eigenvalue weighted by Gasteiger charge is -2.12. The molecule has 0 aliphatic rings. The quantitative estimate of drug-likeness (QED) is 0.368. The summed E-state index contributed by atoms with van der Waals surface area (Å²) in [6, 6.07) is 20.4. The monoisotopic (exact) mass is 483 g/mol. The number of carbonyl (C=O) groups is 1. The minimum absolute atomic E-state index is 0.00148. The summed E-state index contributed by atoms with van der Waals surface area (Å²) in [7, 11) is -2.43. The molecule has 0 atom stereocenters. The van der Waals surface area contributed by atoms with E-state index in [1.807, 2.05) is 24.3 Å². The molecule has 0 bridgehead atoms. The van der Waals surface area contributed by atoms with Crippen molar-refractivity contribution in [3.8, 4) is 5.75 Å². The molecule has 1 heterocycles. The number of aromatic nitrogens is 1. The fraction of sp³-hybridized carbons (Fsp3) is 0.130. The number of amides is 1. The Bertz CT molecular complexity index is 1350. The fourth-order valence-corrected chi connectivity index (χ4v) is 5.10. The molecular formula is C23H21N3O5S2. The Morgan fingerprint density at radius 3 is 2.64 bits per heavy atom. The van der Waals surface area contributed by atoms with Crippen molar-refractivity contribution >= 4 is 48.9 Å². The molecule has 8 nitrogen and oxygen atoms in total. The van der Waals surface area contributed by atoms with Gasteiger partial charge in [-0.3, -0.25) is 9.52 Å². The lowest BCUT2D eigenvalue weighted by atomic mass is 10.3. The number of methoxy groups -OCH3 is 1. The van der Waals surface area contributed by atoms with Crippen LogP contribution < -0.4 is 14.8 Å². The highest BCUT2D eigenvalue weighted by atomic mass is 32.2. The van der Waals surface area contributed by atoms with E-state index in [0.717, 1.165) is 15.2 Å². The van der Waals surface area contributed by atoms with E-state index in [2.05, 4.69) is 15.0 Å². The zero-order valence-electron chi connectivity index (χ0n) is 17.6. The first-order valence-electron chi connectivity index (χ1n) is 9.92. The van der Waals surface area contributed by atoms with E-state index in [1.54, 1.807) is 36.4 Å². The number of thiazole rings is 1. The van der Waals surface area contributed by atoms with E-state index in [0.29, 0.717) is 17.1 Å². The zero-order valence-corrected chi connectivity index (χ0v) is 19.3. The molecule has 1 amide bonds. The predicted molar refractivity (Wildman–Crippen MR) is 128 cm³/mol. The molecule has 0 saturated heterocycles. The van der Waals surface area contributed by atoms with Gasteiger partial charge in [0.05, 0.1) is 34.5 Å². The van der Waals surface area contributed by atoms with Gasteiger partial charge in [0.15, 0.2) is 0 Å². The third-order valence-electron chi connectivity index (χ3n) is 4.58. The molecule has 2 N–H and O–H groups in total. The van der Waals surface area contributed by atoms with Gasteiger partial charge < -0.3 is 14.8 Å². The summed E-state index contributed by atoms with van der Waals surface area (Å²) in [6.45, 7) is 0.0242. The van der Waals surface area contributed by atoms with Gasteiger partial charge in [-0.05, 0) is 42.5 Å². The average molecular weight is 484 g/mol. The molecule has 0 fully saturated rings. The number of para-hydroxylation sites is 3. The number of hydrogen-bond acceptors (Lipinski definition) is 7. The highest BCUT2D eigenvalue weighted by molar-refractivity contribution is 7.92. The smallest absolute Gasteiger partial charge is 0.262 e. The van der Waals surface area contributed by atoms with Crippen molar-refractivity contribution in [2.45, 2.75) is 11.5 Å². The Morgan fingerprint density at radius 2 is 1.82 bits per heavy atom. The molecule has 170 valence electrons. The normalized spacial score (nSPS) is 11.3. The summed E-state index contributed by atoms with van der Waals surface area (Å²) < 4.78 is 39.8. The molecule has 10 heteroatoms. The number of nitrogens with zero attached hydrogens (tertiary/aromatic N) is 1. The van der Waals surface area contributed by atoms with Crippen LogP contribution >= 0.6 is 11.3 Å². The van der Waals surface area contributed by atoms with Gasteiger partial charge >= 0.3 is 0 Å². The predicted octanol–water partition coefficient (Wildman–Crippen LogP) is 4.26. The van der Waals surface area contributed by atoms with E-state index in [4.69, 9.17) is 9.47 Å². The van der Waals surface area contributed by atoms with Gasteiger partial charge in [0, 0.05) is 5.69 Å². The summed E-state index contributed by atoms with van der Waals surface area (Å²) in [6.07, 6.45) is 0. The second-order valence-electron chi connectivity index (χ2n) is 6.95. The Kier molecular flexibility index (Phi) is 6.87. The van der Waals surface area contributed by atoms with Crippen LogP contribution in [0.25, 0.3) is 10.2 Å². The van der Waals surface area contributed by atoms with Crippen LogP contribution in [-0.2, 0) is 26.2 Å². The van der Waals surface area contributed by atoms with Gasteiger partial charge in [-0.25, -0.2) is 13.4 Å². The van der Waals surface area contributed by atoms with Gasteiger partial charge in [-0.2, -0.15) is 0 Å². The second kappa shape index (κ2) is 9.99. The zero-order chi connectivity index (χ0) is 23.3. The number of anilines is 2. The summed E-state index contributed by atoms with van der Waals surface area (Å²) in [4.78, 5) is 16.7. The summed E-state index contributed by atoms with van der Waals surface area (Å²) in [5.41, 5.74) is 1.55. The molecule has 0 aliphatic carbocycles. The number of ether oxygens (including phenoxy) is 2. The molecule has 0 radical (unpaired) electrons. The topological polar surface area (TPSA) is 107 Å². The molecular weight excluding hydrogens is 462 g/mol. The largest absolute Gasteiger partial charge is 0.495 e. The van der Waals surface area contributed by atoms with Crippen LogP contribution in [0.1, 0.15) is 5.01 Å². The Labute approximate surface area is 195 Å². The van der Waals surface area contributed by atoms with Crippen molar-refractivity contribution in [2.24, 2.45) is 0 Å². The third-order valence-corrected chi connectivity index (χ3v) is 6.95. The van der Waals surface area contributed by atoms with Gasteiger partial charge in [0.25, 0.3) is 10.0 Å². The summed E-state index contributed by atoms with van der Waals surface area (Å²) in [5.74, 6) is -0.000783. The second-order valence-corrected chi connectivity index (χ2v) is 9.75. The number of rotatable bonds is 9. The minimum atomic E-state index is -3.89. The van der Waals surface area contributed by atoms with E-state index < -0.39 is 15.9 Å². The van der Waals surface area contributed by atoms with E-state index >= 15 is 0 Å². The average Bonchev–Trinajstić information content (AvgIpc) is 3.22. The van der Waals surface area contributed by atoms with Crippen LogP contribution in [0.5, 0.6) is 5.75 Å². The number of sulfonamides is 1. The fourth-order valence-electron chi connectivity index (χ4n) is 3.08. The highest BCUT2D eigenvalue weighted by Crippen LogP contribution is 2.27. The standard InChI is InChI=1S/C23H21N3O5S2/c1-30-20-11-4-2-9-18(20)26-33(28,29)17-8-6-7-16(13-17)24-22(27)14-31-15-23-25-19-10-3-5-12-21(19)32-23/h2-13,26H,14-15H2,1H3,(H,24,27). The van der Waals surface area contributed by atoms with Crippen LogP contribution in [0.2, 0.25) is 0 Å². The van der Waals surface area contributed by atoms with Gasteiger partial charge in [0.2, 0.25) is 5.91 Å². The van der Waals surface area contributed by atoms with Crippen LogP contribution in [0.3, 0.4) is 0 Å². The van der Waals surface area contributed by atoms with E-state index in [-0.39, 0.29) is 18.1 Å². The maximum absolute atomic E-state index is 12.8. The molecule has 4 rings (SSSR count). The summed E-state index contributed by atoms with van der Waals surface area (Å²) in [5, 5.41) is 3.43. The number of carbonyl (C=O) groups excluding carboxylic acids is 1. The molecule has 1 aromatic heterocycles. The molecule has 0 saturated carbocycles. The van der Waals surface area contributed by atoms with Crippen LogP contribution in [-0.4, -0.2) is 33.0 Å². The lowest BCUT2D eigenvalue weighted by Crippen LogP contribution is -2.19. The van der Waals surface area contributed by atoms with Crippen LogP contribution in [0, 0.1) is 0 Å². The Balaban J connectivity index is 1.36. The van der Waals surface area contributed by atoms with Crippen molar-refractivity contribution in [2.75, 3.05) is 23.8 Å². The number of hydrogen-bond donors (Lipinski definition) is 2. The van der Waals surface area contributed by atoms with Gasteiger partial charge in [-0.15, -0.1) is 11.3 Å². The maximum atomic E-state index is 12.8. The Hall–Kier alpha value is -3.47. The molecule has 4 aromatic rings. The molecule has 0 unspecified atom stereocenters. The van der Waals surface area contributed by atoms with Gasteiger partial charge in [-0.1, -0.05) is 30.3 Å². The van der Waals surface area contributed by atoms with Gasteiger partial charge in [0.1, 0.15) is 17.4 Å². The number of benzene rings is 3. The maximum Gasteiger partial charge on any atom is 0.262 e. The van der Waals surface area contributed by atoms with Crippen LogP contribution in [0.15, 0.2) is 77.7 Å². The first kappa shape index (κ1) is 22.7. The van der Waals surface area contributed by atoms with E-state index in [9.17, 15) is 13.2 Å². The molecule has 0 aliphatic heterocycles. The van der Waals surface area contributed by atoms with E-state index in [1.165, 1.54) is 30.6 Å². The van der Waals surface area contributed by atoms with Crippen molar-refractivity contribution < 1.29 is 22.7 Å². The lowest BCUT2D eigenvalue weighted by molar-refractivity contribution is -0.121. The SMILES string of the molecule is COc1ccccc1NS(=O)(=O)c1cccc(NC(=O)COCc2nc3ccccc3s2)c1. The minimum Gasteiger partial charge on any atom is -0.495 e. The number of nitrogens with one attached hydrogen (secondary N) is 2.